The summed E-state index contributed by atoms with van der Waals surface area (Å²) >= 11 is 1.71. The molecule has 2 aliphatic heterocycles. The lowest BCUT2D eigenvalue weighted by molar-refractivity contribution is -0.137. The Labute approximate surface area is 111 Å². The summed E-state index contributed by atoms with van der Waals surface area (Å²) < 4.78 is 5.48. The minimum atomic E-state index is 0.0627. The van der Waals surface area contributed by atoms with Crippen molar-refractivity contribution in [2.75, 3.05) is 19.7 Å². The number of carbonyl (C=O) groups is 1. The molecule has 18 heavy (non-hydrogen) atoms. The summed E-state index contributed by atoms with van der Waals surface area (Å²) in [4.78, 5) is 15.7. The maximum atomic E-state index is 12.5. The second kappa shape index (κ2) is 4.94. The van der Waals surface area contributed by atoms with E-state index in [0.717, 1.165) is 19.5 Å². The summed E-state index contributed by atoms with van der Waals surface area (Å²) in [6.07, 6.45) is 1.03. The van der Waals surface area contributed by atoms with E-state index >= 15 is 0 Å². The third kappa shape index (κ3) is 2.27. The number of hydrogen-bond donors (Lipinski definition) is 0. The molecule has 0 radical (unpaired) electrons. The maximum absolute atomic E-state index is 12.5. The average molecular weight is 263 g/mol. The smallest absolute Gasteiger partial charge is 0.236 e. The Balaban J connectivity index is 1.68. The molecule has 0 aliphatic carbocycles. The molecule has 0 N–H and O–H groups in total. The summed E-state index contributed by atoms with van der Waals surface area (Å²) in [5.74, 6) is 0.270. The van der Waals surface area contributed by atoms with E-state index in [9.17, 15) is 4.79 Å². The minimum absolute atomic E-state index is 0.0627. The molecule has 2 atom stereocenters. The first-order chi connectivity index (χ1) is 8.74. The second-order valence-electron chi connectivity index (χ2n) is 4.88. The number of ether oxygens (including phenoxy) is 1. The van der Waals surface area contributed by atoms with Crippen molar-refractivity contribution in [1.29, 1.82) is 0 Å². The van der Waals surface area contributed by atoms with Crippen molar-refractivity contribution in [3.8, 4) is 0 Å². The molecule has 1 aromatic carbocycles. The van der Waals surface area contributed by atoms with Gasteiger partial charge in [0.1, 0.15) is 0 Å². The number of thioether (sulfide) groups is 1. The summed E-state index contributed by atoms with van der Waals surface area (Å²) in [6, 6.07) is 8.31. The number of hydrogen-bond acceptors (Lipinski definition) is 3. The maximum Gasteiger partial charge on any atom is 0.236 e. The van der Waals surface area contributed by atoms with Crippen LogP contribution < -0.4 is 0 Å². The molecule has 2 unspecified atom stereocenters. The Morgan fingerprint density at radius 3 is 3.06 bits per heavy atom. The van der Waals surface area contributed by atoms with E-state index in [0.29, 0.717) is 6.61 Å². The fourth-order valence-electron chi connectivity index (χ4n) is 2.54. The van der Waals surface area contributed by atoms with Crippen LogP contribution in [0.2, 0.25) is 0 Å². The van der Waals surface area contributed by atoms with Crippen molar-refractivity contribution in [2.45, 2.75) is 29.6 Å². The molecule has 1 amide bonds. The zero-order chi connectivity index (χ0) is 12.5. The van der Waals surface area contributed by atoms with Crippen molar-refractivity contribution < 1.29 is 9.53 Å². The number of morpholine rings is 1. The Morgan fingerprint density at radius 2 is 2.28 bits per heavy atom. The average Bonchev–Trinajstić information content (AvgIpc) is 2.81. The zero-order valence-electron chi connectivity index (χ0n) is 10.5. The van der Waals surface area contributed by atoms with Gasteiger partial charge in [0.15, 0.2) is 0 Å². The van der Waals surface area contributed by atoms with E-state index in [1.807, 2.05) is 24.0 Å². The largest absolute Gasteiger partial charge is 0.375 e. The fraction of sp³-hybridized carbons (Fsp3) is 0.500. The molecule has 0 bridgehead atoms. The lowest BCUT2D eigenvalue weighted by Crippen LogP contribution is -2.47. The molecular weight excluding hydrogens is 246 g/mol. The monoisotopic (exact) mass is 263 g/mol. The Bertz CT molecular complexity index is 438. The van der Waals surface area contributed by atoms with Crippen molar-refractivity contribution in [2.24, 2.45) is 0 Å². The topological polar surface area (TPSA) is 29.5 Å². The summed E-state index contributed by atoms with van der Waals surface area (Å²) in [5.41, 5.74) is 1.31. The van der Waals surface area contributed by atoms with E-state index in [4.69, 9.17) is 4.74 Å². The van der Waals surface area contributed by atoms with Gasteiger partial charge in [-0.25, -0.2) is 0 Å². The highest BCUT2D eigenvalue weighted by Gasteiger charge is 2.32. The van der Waals surface area contributed by atoms with Crippen LogP contribution in [0.5, 0.6) is 0 Å². The van der Waals surface area contributed by atoms with Gasteiger partial charge in [-0.15, -0.1) is 11.8 Å². The Hall–Kier alpha value is -1.00. The van der Waals surface area contributed by atoms with E-state index in [2.05, 4.69) is 12.1 Å². The molecule has 0 aromatic heterocycles. The van der Waals surface area contributed by atoms with Crippen molar-refractivity contribution in [3.63, 3.8) is 0 Å². The third-order valence-corrected chi connectivity index (χ3v) is 4.78. The van der Waals surface area contributed by atoms with E-state index in [1.54, 1.807) is 11.8 Å². The van der Waals surface area contributed by atoms with Gasteiger partial charge >= 0.3 is 0 Å². The number of nitrogens with zero attached hydrogens (tertiary/aromatic N) is 1. The molecular formula is C14H17NO2S. The van der Waals surface area contributed by atoms with Gasteiger partial charge in [-0.1, -0.05) is 18.2 Å². The predicted octanol–water partition coefficient (Wildman–Crippen LogP) is 1.95. The zero-order valence-corrected chi connectivity index (χ0v) is 11.3. The van der Waals surface area contributed by atoms with E-state index in [1.165, 1.54) is 10.5 Å². The van der Waals surface area contributed by atoms with Crippen LogP contribution in [0.4, 0.5) is 0 Å². The fourth-order valence-corrected chi connectivity index (χ4v) is 3.82. The van der Waals surface area contributed by atoms with Gasteiger partial charge in [0.25, 0.3) is 0 Å². The number of fused-ring (bicyclic) bond motifs is 1. The van der Waals surface area contributed by atoms with E-state index in [-0.39, 0.29) is 17.3 Å². The molecule has 1 aromatic rings. The first kappa shape index (κ1) is 12.1. The quantitative estimate of drug-likeness (QED) is 0.775. The van der Waals surface area contributed by atoms with Crippen LogP contribution in [0, 0.1) is 0 Å². The van der Waals surface area contributed by atoms with Crippen LogP contribution >= 0.6 is 11.8 Å². The number of carbonyl (C=O) groups excluding carboxylic acids is 1. The molecule has 2 aliphatic rings. The Morgan fingerprint density at radius 1 is 1.44 bits per heavy atom. The molecule has 1 saturated heterocycles. The van der Waals surface area contributed by atoms with Crippen molar-refractivity contribution >= 4 is 17.7 Å². The third-order valence-electron chi connectivity index (χ3n) is 3.48. The molecule has 3 rings (SSSR count). The number of benzene rings is 1. The van der Waals surface area contributed by atoms with Crippen LogP contribution in [0.1, 0.15) is 12.5 Å². The summed E-state index contributed by atoms with van der Waals surface area (Å²) in [7, 11) is 0. The minimum Gasteiger partial charge on any atom is -0.375 e. The van der Waals surface area contributed by atoms with E-state index < -0.39 is 0 Å². The lowest BCUT2D eigenvalue weighted by Gasteiger charge is -2.32. The van der Waals surface area contributed by atoms with Crippen molar-refractivity contribution in [1.82, 2.24) is 4.90 Å². The molecule has 96 valence electrons. The van der Waals surface area contributed by atoms with Crippen LogP contribution in [-0.4, -0.2) is 41.9 Å². The van der Waals surface area contributed by atoms with Gasteiger partial charge in [-0.2, -0.15) is 0 Å². The molecule has 2 heterocycles. The van der Waals surface area contributed by atoms with Gasteiger partial charge in [-0.05, 0) is 25.0 Å². The van der Waals surface area contributed by atoms with Gasteiger partial charge in [0.2, 0.25) is 5.91 Å². The highest BCUT2D eigenvalue weighted by molar-refractivity contribution is 8.01. The highest BCUT2D eigenvalue weighted by Crippen LogP contribution is 2.37. The summed E-state index contributed by atoms with van der Waals surface area (Å²) in [6.45, 7) is 4.15. The Kier molecular flexibility index (Phi) is 3.31. The molecule has 1 fully saturated rings. The highest BCUT2D eigenvalue weighted by atomic mass is 32.2. The SMILES string of the molecule is CC1CN(C(=O)C2Cc3ccccc3S2)CCO1. The predicted molar refractivity (Wildman–Crippen MR) is 71.8 cm³/mol. The number of rotatable bonds is 1. The van der Waals surface area contributed by atoms with Gasteiger partial charge < -0.3 is 9.64 Å². The standard InChI is InChI=1S/C14H17NO2S/c1-10-9-15(6-7-17-10)14(16)13-8-11-4-2-3-5-12(11)18-13/h2-5,10,13H,6-9H2,1H3. The van der Waals surface area contributed by atoms with Crippen molar-refractivity contribution in [3.05, 3.63) is 29.8 Å². The first-order valence-corrected chi connectivity index (χ1v) is 7.27. The second-order valence-corrected chi connectivity index (χ2v) is 6.13. The molecule has 4 heteroatoms. The van der Waals surface area contributed by atoms with Crippen LogP contribution in [-0.2, 0) is 16.0 Å². The summed E-state index contributed by atoms with van der Waals surface area (Å²) in [5, 5.41) is 0.0627. The number of amides is 1. The first-order valence-electron chi connectivity index (χ1n) is 6.39. The lowest BCUT2D eigenvalue weighted by atomic mass is 10.1. The van der Waals surface area contributed by atoms with Gasteiger partial charge in [-0.3, -0.25) is 4.79 Å². The molecule has 0 saturated carbocycles. The van der Waals surface area contributed by atoms with Gasteiger partial charge in [0.05, 0.1) is 18.0 Å². The molecule has 3 nitrogen and oxygen atoms in total. The van der Waals surface area contributed by atoms with Gasteiger partial charge in [0, 0.05) is 18.0 Å². The normalized spacial score (nSPS) is 27.1. The van der Waals surface area contributed by atoms with Crippen LogP contribution in [0.15, 0.2) is 29.2 Å². The van der Waals surface area contributed by atoms with Crippen LogP contribution in [0.3, 0.4) is 0 Å². The van der Waals surface area contributed by atoms with Crippen LogP contribution in [0.25, 0.3) is 0 Å². The molecule has 0 spiro atoms.